The number of methoxy groups -OCH3 is 1. The normalized spacial score (nSPS) is 10.3. The van der Waals surface area contributed by atoms with Crippen LogP contribution in [0.15, 0.2) is 18.2 Å². The van der Waals surface area contributed by atoms with E-state index in [0.717, 1.165) is 11.4 Å². The standard InChI is InChI=1S/C13H17N5O2/c1-9-8-10(2)18(17-9)7-6-14-13(19)11-4-5-12(20-3)16-15-11/h4-5,8H,6-7H2,1-3H3,(H,14,19). The fourth-order valence-corrected chi connectivity index (χ4v) is 1.82. The lowest BCUT2D eigenvalue weighted by atomic mass is 10.3. The molecule has 2 rings (SSSR count). The van der Waals surface area contributed by atoms with Crippen LogP contribution >= 0.6 is 0 Å². The van der Waals surface area contributed by atoms with E-state index in [-0.39, 0.29) is 11.6 Å². The molecule has 0 fully saturated rings. The van der Waals surface area contributed by atoms with Gasteiger partial charge in [0, 0.05) is 18.3 Å². The van der Waals surface area contributed by atoms with E-state index in [0.29, 0.717) is 19.0 Å². The van der Waals surface area contributed by atoms with Gasteiger partial charge in [0.15, 0.2) is 5.69 Å². The maximum absolute atomic E-state index is 11.8. The van der Waals surface area contributed by atoms with Crippen LogP contribution in [0.25, 0.3) is 0 Å². The minimum absolute atomic E-state index is 0.262. The summed E-state index contributed by atoms with van der Waals surface area (Å²) < 4.78 is 6.74. The van der Waals surface area contributed by atoms with Crippen LogP contribution in [0.2, 0.25) is 0 Å². The number of hydrogen-bond donors (Lipinski definition) is 1. The molecule has 7 nitrogen and oxygen atoms in total. The molecule has 1 N–H and O–H groups in total. The molecule has 0 spiro atoms. The second-order valence-electron chi connectivity index (χ2n) is 4.37. The molecule has 0 unspecified atom stereocenters. The second-order valence-corrected chi connectivity index (χ2v) is 4.37. The molecule has 1 amide bonds. The molecule has 0 bridgehead atoms. The van der Waals surface area contributed by atoms with Crippen LogP contribution in [-0.2, 0) is 6.54 Å². The summed E-state index contributed by atoms with van der Waals surface area (Å²) in [5.41, 5.74) is 2.30. The molecule has 2 heterocycles. The third-order valence-corrected chi connectivity index (χ3v) is 2.79. The van der Waals surface area contributed by atoms with E-state index >= 15 is 0 Å². The summed E-state index contributed by atoms with van der Waals surface area (Å²) in [5.74, 6) is 0.117. The smallest absolute Gasteiger partial charge is 0.271 e. The molecule has 2 aromatic heterocycles. The third-order valence-electron chi connectivity index (χ3n) is 2.79. The van der Waals surface area contributed by atoms with Gasteiger partial charge in [-0.15, -0.1) is 10.2 Å². The maximum atomic E-state index is 11.8. The lowest BCUT2D eigenvalue weighted by Gasteiger charge is -2.06. The molecular weight excluding hydrogens is 258 g/mol. The number of rotatable bonds is 5. The quantitative estimate of drug-likeness (QED) is 0.869. The predicted octanol–water partition coefficient (Wildman–Crippen LogP) is 0.729. The van der Waals surface area contributed by atoms with Crippen molar-refractivity contribution in [3.63, 3.8) is 0 Å². The number of carbonyl (C=O) groups excluding carboxylic acids is 1. The van der Waals surface area contributed by atoms with Crippen molar-refractivity contribution in [2.75, 3.05) is 13.7 Å². The Morgan fingerprint density at radius 2 is 2.15 bits per heavy atom. The number of ether oxygens (including phenoxy) is 1. The molecule has 0 aliphatic heterocycles. The van der Waals surface area contributed by atoms with Gasteiger partial charge in [-0.2, -0.15) is 5.10 Å². The third kappa shape index (κ3) is 3.31. The number of aromatic nitrogens is 4. The Bertz CT molecular complexity index is 591. The van der Waals surface area contributed by atoms with Crippen LogP contribution in [0.4, 0.5) is 0 Å². The topological polar surface area (TPSA) is 81.9 Å². The Balaban J connectivity index is 1.87. The Morgan fingerprint density at radius 3 is 2.70 bits per heavy atom. The molecule has 20 heavy (non-hydrogen) atoms. The molecule has 0 aromatic carbocycles. The van der Waals surface area contributed by atoms with Crippen LogP contribution in [0.3, 0.4) is 0 Å². The SMILES string of the molecule is COc1ccc(C(=O)NCCn2nc(C)cc2C)nn1. The van der Waals surface area contributed by atoms with Gasteiger partial charge in [0.05, 0.1) is 19.3 Å². The number of amides is 1. The number of aryl methyl sites for hydroxylation is 2. The number of nitrogens with zero attached hydrogens (tertiary/aromatic N) is 4. The van der Waals surface area contributed by atoms with Crippen molar-refractivity contribution >= 4 is 5.91 Å². The molecule has 0 aliphatic rings. The van der Waals surface area contributed by atoms with Crippen molar-refractivity contribution in [3.8, 4) is 5.88 Å². The summed E-state index contributed by atoms with van der Waals surface area (Å²) in [6.45, 7) is 5.02. The van der Waals surface area contributed by atoms with E-state index in [2.05, 4.69) is 20.6 Å². The van der Waals surface area contributed by atoms with Gasteiger partial charge in [0.25, 0.3) is 5.91 Å². The lowest BCUT2D eigenvalue weighted by molar-refractivity contribution is 0.0945. The fourth-order valence-electron chi connectivity index (χ4n) is 1.82. The van der Waals surface area contributed by atoms with Crippen molar-refractivity contribution in [1.82, 2.24) is 25.3 Å². The highest BCUT2D eigenvalue weighted by Crippen LogP contribution is 2.03. The molecule has 0 saturated heterocycles. The van der Waals surface area contributed by atoms with Gasteiger partial charge in [-0.05, 0) is 26.0 Å². The van der Waals surface area contributed by atoms with Gasteiger partial charge in [0.2, 0.25) is 5.88 Å². The minimum atomic E-state index is -0.262. The molecular formula is C13H17N5O2. The van der Waals surface area contributed by atoms with Crippen LogP contribution in [0, 0.1) is 13.8 Å². The Morgan fingerprint density at radius 1 is 1.35 bits per heavy atom. The molecule has 106 valence electrons. The maximum Gasteiger partial charge on any atom is 0.271 e. The zero-order chi connectivity index (χ0) is 14.5. The van der Waals surface area contributed by atoms with Crippen molar-refractivity contribution < 1.29 is 9.53 Å². The fraction of sp³-hybridized carbons (Fsp3) is 0.385. The minimum Gasteiger partial charge on any atom is -0.480 e. The summed E-state index contributed by atoms with van der Waals surface area (Å²) in [5, 5.41) is 14.6. The molecule has 0 aliphatic carbocycles. The highest BCUT2D eigenvalue weighted by Gasteiger charge is 2.08. The monoisotopic (exact) mass is 275 g/mol. The molecule has 2 aromatic rings. The van der Waals surface area contributed by atoms with E-state index in [1.807, 2.05) is 24.6 Å². The zero-order valence-corrected chi connectivity index (χ0v) is 11.8. The lowest BCUT2D eigenvalue weighted by Crippen LogP contribution is -2.28. The summed E-state index contributed by atoms with van der Waals surface area (Å²) in [7, 11) is 1.50. The summed E-state index contributed by atoms with van der Waals surface area (Å²) in [4.78, 5) is 11.8. The van der Waals surface area contributed by atoms with E-state index in [1.54, 1.807) is 12.1 Å². The largest absolute Gasteiger partial charge is 0.480 e. The zero-order valence-electron chi connectivity index (χ0n) is 11.8. The van der Waals surface area contributed by atoms with Crippen LogP contribution in [-0.4, -0.2) is 39.5 Å². The van der Waals surface area contributed by atoms with E-state index in [1.165, 1.54) is 7.11 Å². The van der Waals surface area contributed by atoms with Gasteiger partial charge in [-0.25, -0.2) is 0 Å². The highest BCUT2D eigenvalue weighted by molar-refractivity contribution is 5.92. The van der Waals surface area contributed by atoms with Crippen molar-refractivity contribution in [3.05, 3.63) is 35.3 Å². The summed E-state index contributed by atoms with van der Waals surface area (Å²) in [6.07, 6.45) is 0. The summed E-state index contributed by atoms with van der Waals surface area (Å²) in [6, 6.07) is 5.17. The predicted molar refractivity (Wildman–Crippen MR) is 72.6 cm³/mol. The second kappa shape index (κ2) is 6.14. The first-order valence-electron chi connectivity index (χ1n) is 6.27. The number of nitrogens with one attached hydrogen (secondary N) is 1. The number of hydrogen-bond acceptors (Lipinski definition) is 5. The van der Waals surface area contributed by atoms with Gasteiger partial charge < -0.3 is 10.1 Å². The molecule has 7 heteroatoms. The summed E-state index contributed by atoms with van der Waals surface area (Å²) >= 11 is 0. The molecule has 0 radical (unpaired) electrons. The van der Waals surface area contributed by atoms with Crippen LogP contribution < -0.4 is 10.1 Å². The van der Waals surface area contributed by atoms with E-state index in [9.17, 15) is 4.79 Å². The average molecular weight is 275 g/mol. The highest BCUT2D eigenvalue weighted by atomic mass is 16.5. The average Bonchev–Trinajstić information content (AvgIpc) is 2.77. The Hall–Kier alpha value is -2.44. The van der Waals surface area contributed by atoms with E-state index in [4.69, 9.17) is 4.74 Å². The van der Waals surface area contributed by atoms with Crippen LogP contribution in [0.5, 0.6) is 5.88 Å². The molecule has 0 saturated carbocycles. The Labute approximate surface area is 117 Å². The molecule has 0 atom stereocenters. The van der Waals surface area contributed by atoms with Gasteiger partial charge in [-0.1, -0.05) is 0 Å². The van der Waals surface area contributed by atoms with Gasteiger partial charge >= 0.3 is 0 Å². The van der Waals surface area contributed by atoms with Gasteiger partial charge in [0.1, 0.15) is 0 Å². The van der Waals surface area contributed by atoms with Crippen LogP contribution in [0.1, 0.15) is 21.9 Å². The number of carbonyl (C=O) groups is 1. The van der Waals surface area contributed by atoms with E-state index < -0.39 is 0 Å². The van der Waals surface area contributed by atoms with Crippen molar-refractivity contribution in [2.24, 2.45) is 0 Å². The first-order valence-corrected chi connectivity index (χ1v) is 6.27. The van der Waals surface area contributed by atoms with Gasteiger partial charge in [-0.3, -0.25) is 9.48 Å². The Kier molecular flexibility index (Phi) is 4.29. The first-order chi connectivity index (χ1) is 9.60. The van der Waals surface area contributed by atoms with Crippen molar-refractivity contribution in [2.45, 2.75) is 20.4 Å². The first kappa shape index (κ1) is 14.0. The van der Waals surface area contributed by atoms with Crippen molar-refractivity contribution in [1.29, 1.82) is 0 Å².